The lowest BCUT2D eigenvalue weighted by atomic mass is 10.0. The second-order valence-corrected chi connectivity index (χ2v) is 7.69. The van der Waals surface area contributed by atoms with Crippen molar-refractivity contribution in [3.05, 3.63) is 80.3 Å². The number of carbonyl (C=O) groups excluding carboxylic acids is 1. The number of nitrogens with one attached hydrogen (secondary N) is 1. The zero-order chi connectivity index (χ0) is 21.5. The Labute approximate surface area is 176 Å². The van der Waals surface area contributed by atoms with Gasteiger partial charge in [-0.05, 0) is 47.9 Å². The zero-order valence-corrected chi connectivity index (χ0v) is 16.6. The maximum atomic E-state index is 12.5. The number of non-ortho nitro benzene ring substituents is 1. The van der Waals surface area contributed by atoms with Crippen molar-refractivity contribution in [1.29, 1.82) is 0 Å². The van der Waals surface area contributed by atoms with Gasteiger partial charge in [0.15, 0.2) is 5.58 Å². The van der Waals surface area contributed by atoms with Crippen molar-refractivity contribution in [2.75, 3.05) is 5.32 Å². The molecule has 0 bridgehead atoms. The Morgan fingerprint density at radius 3 is 2.74 bits per heavy atom. The van der Waals surface area contributed by atoms with Crippen molar-refractivity contribution in [2.24, 2.45) is 0 Å². The van der Waals surface area contributed by atoms with Crippen LogP contribution in [0.5, 0.6) is 0 Å². The maximum Gasteiger partial charge on any atom is 0.419 e. The molecule has 8 nitrogen and oxygen atoms in total. The SMILES string of the molecule is O=C(CCCn1c(=O)oc2cc([N+](=O)[O-])ccc21)Nc1ccc2c3c(cccc13)CC2. The fourth-order valence-corrected chi connectivity index (χ4v) is 4.35. The second-order valence-electron chi connectivity index (χ2n) is 7.69. The van der Waals surface area contributed by atoms with Crippen LogP contribution in [0.3, 0.4) is 0 Å². The highest BCUT2D eigenvalue weighted by Crippen LogP contribution is 2.35. The van der Waals surface area contributed by atoms with Crippen LogP contribution < -0.4 is 11.1 Å². The molecule has 1 heterocycles. The first-order valence-electron chi connectivity index (χ1n) is 10.1. The van der Waals surface area contributed by atoms with Gasteiger partial charge in [-0.3, -0.25) is 19.5 Å². The maximum absolute atomic E-state index is 12.5. The third-order valence-corrected chi connectivity index (χ3v) is 5.80. The molecule has 1 aliphatic rings. The number of amides is 1. The summed E-state index contributed by atoms with van der Waals surface area (Å²) < 4.78 is 6.52. The topological polar surface area (TPSA) is 107 Å². The lowest BCUT2D eigenvalue weighted by Crippen LogP contribution is -2.17. The van der Waals surface area contributed by atoms with E-state index in [9.17, 15) is 19.7 Å². The summed E-state index contributed by atoms with van der Waals surface area (Å²) in [6, 6.07) is 14.3. The Hall–Kier alpha value is -3.94. The number of aryl methyl sites for hydroxylation is 3. The molecule has 1 aliphatic carbocycles. The van der Waals surface area contributed by atoms with Crippen LogP contribution >= 0.6 is 0 Å². The van der Waals surface area contributed by atoms with E-state index >= 15 is 0 Å². The van der Waals surface area contributed by atoms with E-state index in [0.717, 1.165) is 23.9 Å². The summed E-state index contributed by atoms with van der Waals surface area (Å²) in [5.41, 5.74) is 3.93. The van der Waals surface area contributed by atoms with E-state index in [1.54, 1.807) is 0 Å². The predicted molar refractivity (Wildman–Crippen MR) is 116 cm³/mol. The van der Waals surface area contributed by atoms with Gasteiger partial charge in [-0.2, -0.15) is 0 Å². The van der Waals surface area contributed by atoms with Crippen LogP contribution in [0.2, 0.25) is 0 Å². The lowest BCUT2D eigenvalue weighted by molar-refractivity contribution is -0.384. The summed E-state index contributed by atoms with van der Waals surface area (Å²) in [7, 11) is 0. The standard InChI is InChI=1S/C23H19N3O5/c27-21(24-18-10-8-15-7-6-14-3-1-4-17(18)22(14)15)5-2-12-25-19-11-9-16(26(29)30)13-20(19)31-23(25)28/h1,3-4,8-11,13H,2,5-7,12H2,(H,24,27). The first kappa shape index (κ1) is 19.0. The number of carbonyl (C=O) groups is 1. The van der Waals surface area contributed by atoms with E-state index in [1.807, 2.05) is 18.2 Å². The number of nitro groups is 1. The highest BCUT2D eigenvalue weighted by molar-refractivity contribution is 6.05. The third kappa shape index (κ3) is 3.35. The number of hydrogen-bond acceptors (Lipinski definition) is 5. The van der Waals surface area contributed by atoms with Crippen molar-refractivity contribution < 1.29 is 14.1 Å². The van der Waals surface area contributed by atoms with Crippen LogP contribution in [0.25, 0.3) is 21.9 Å². The fraction of sp³-hybridized carbons (Fsp3) is 0.217. The third-order valence-electron chi connectivity index (χ3n) is 5.80. The molecule has 0 unspecified atom stereocenters. The van der Waals surface area contributed by atoms with E-state index in [4.69, 9.17) is 4.42 Å². The average molecular weight is 417 g/mol. The summed E-state index contributed by atoms with van der Waals surface area (Å²) in [4.78, 5) is 35.0. The van der Waals surface area contributed by atoms with Crippen LogP contribution in [0.1, 0.15) is 24.0 Å². The minimum atomic E-state index is -0.594. The number of oxazole rings is 1. The zero-order valence-electron chi connectivity index (χ0n) is 16.6. The molecule has 0 aliphatic heterocycles. The number of benzene rings is 3. The molecule has 156 valence electrons. The molecule has 1 amide bonds. The molecule has 0 atom stereocenters. The molecule has 0 saturated heterocycles. The molecule has 0 fully saturated rings. The van der Waals surface area contributed by atoms with Crippen LogP contribution in [-0.4, -0.2) is 15.4 Å². The van der Waals surface area contributed by atoms with Gasteiger partial charge in [0.05, 0.1) is 16.5 Å². The molecule has 4 aromatic rings. The molecule has 3 aromatic carbocycles. The molecule has 1 N–H and O–H groups in total. The van der Waals surface area contributed by atoms with Crippen molar-refractivity contribution in [2.45, 2.75) is 32.2 Å². The van der Waals surface area contributed by atoms with Gasteiger partial charge in [0.2, 0.25) is 5.91 Å². The molecular formula is C23H19N3O5. The summed E-state index contributed by atoms with van der Waals surface area (Å²) in [6.45, 7) is 0.279. The number of anilines is 1. The van der Waals surface area contributed by atoms with Gasteiger partial charge in [-0.25, -0.2) is 4.79 Å². The Morgan fingerprint density at radius 2 is 1.94 bits per heavy atom. The Bertz CT molecular complexity index is 1410. The summed E-state index contributed by atoms with van der Waals surface area (Å²) >= 11 is 0. The molecule has 31 heavy (non-hydrogen) atoms. The highest BCUT2D eigenvalue weighted by atomic mass is 16.6. The Balaban J connectivity index is 1.28. The van der Waals surface area contributed by atoms with E-state index < -0.39 is 10.7 Å². The van der Waals surface area contributed by atoms with Crippen molar-refractivity contribution in [3.8, 4) is 0 Å². The number of hydrogen-bond donors (Lipinski definition) is 1. The van der Waals surface area contributed by atoms with Gasteiger partial charge in [-0.1, -0.05) is 24.3 Å². The van der Waals surface area contributed by atoms with Gasteiger partial charge >= 0.3 is 5.76 Å². The minimum absolute atomic E-state index is 0.129. The normalized spacial score (nSPS) is 12.5. The Kier molecular flexibility index (Phi) is 4.54. The van der Waals surface area contributed by atoms with Gasteiger partial charge in [0.1, 0.15) is 0 Å². The van der Waals surface area contributed by atoms with E-state index in [-0.39, 0.29) is 30.1 Å². The van der Waals surface area contributed by atoms with Gasteiger partial charge in [0.25, 0.3) is 5.69 Å². The number of rotatable bonds is 6. The molecule has 0 saturated carbocycles. The predicted octanol–water partition coefficient (Wildman–Crippen LogP) is 4.17. The average Bonchev–Trinajstić information content (AvgIpc) is 3.31. The Morgan fingerprint density at radius 1 is 1.13 bits per heavy atom. The summed E-state index contributed by atoms with van der Waals surface area (Å²) in [5, 5.41) is 16.2. The molecule has 1 aromatic heterocycles. The van der Waals surface area contributed by atoms with Crippen LogP contribution in [0, 0.1) is 10.1 Å². The number of nitrogens with zero attached hydrogens (tertiary/aromatic N) is 2. The first-order valence-corrected chi connectivity index (χ1v) is 10.1. The lowest BCUT2D eigenvalue weighted by Gasteiger charge is -2.11. The van der Waals surface area contributed by atoms with E-state index in [2.05, 4.69) is 17.4 Å². The second kappa shape index (κ2) is 7.39. The molecule has 0 spiro atoms. The highest BCUT2D eigenvalue weighted by Gasteiger charge is 2.17. The molecular weight excluding hydrogens is 398 g/mol. The summed E-state index contributed by atoms with van der Waals surface area (Å²) in [6.07, 6.45) is 2.72. The molecule has 5 rings (SSSR count). The van der Waals surface area contributed by atoms with E-state index in [0.29, 0.717) is 11.9 Å². The van der Waals surface area contributed by atoms with Gasteiger partial charge in [0, 0.05) is 30.1 Å². The monoisotopic (exact) mass is 417 g/mol. The van der Waals surface area contributed by atoms with Crippen molar-refractivity contribution in [3.63, 3.8) is 0 Å². The minimum Gasteiger partial charge on any atom is -0.407 e. The van der Waals surface area contributed by atoms with Crippen LogP contribution in [-0.2, 0) is 24.2 Å². The number of aromatic nitrogens is 1. The fourth-order valence-electron chi connectivity index (χ4n) is 4.35. The van der Waals surface area contributed by atoms with Crippen LogP contribution in [0.15, 0.2) is 57.7 Å². The number of nitro benzene ring substituents is 1. The number of fused-ring (bicyclic) bond motifs is 1. The molecule has 8 heteroatoms. The first-order chi connectivity index (χ1) is 15.0. The van der Waals surface area contributed by atoms with Crippen LogP contribution in [0.4, 0.5) is 11.4 Å². The molecule has 0 radical (unpaired) electrons. The quantitative estimate of drug-likeness (QED) is 0.374. The smallest absolute Gasteiger partial charge is 0.407 e. The van der Waals surface area contributed by atoms with E-state index in [1.165, 1.54) is 39.3 Å². The van der Waals surface area contributed by atoms with Gasteiger partial charge in [-0.15, -0.1) is 0 Å². The largest absolute Gasteiger partial charge is 0.419 e. The van der Waals surface area contributed by atoms with Crippen molar-refractivity contribution in [1.82, 2.24) is 4.57 Å². The summed E-state index contributed by atoms with van der Waals surface area (Å²) in [5.74, 6) is -0.724. The van der Waals surface area contributed by atoms with Gasteiger partial charge < -0.3 is 9.73 Å². The van der Waals surface area contributed by atoms with Crippen molar-refractivity contribution >= 4 is 39.2 Å².